The highest BCUT2D eigenvalue weighted by atomic mass is 32.2. The highest BCUT2D eigenvalue weighted by molar-refractivity contribution is 7.99. The highest BCUT2D eigenvalue weighted by Crippen LogP contribution is 2.36. The van der Waals surface area contributed by atoms with Gasteiger partial charge in [0.2, 0.25) is 0 Å². The summed E-state index contributed by atoms with van der Waals surface area (Å²) in [5.74, 6) is 3.41. The summed E-state index contributed by atoms with van der Waals surface area (Å²) in [5.41, 5.74) is 0.499. The third-order valence-corrected chi connectivity index (χ3v) is 6.80. The normalized spacial score (nSPS) is 27.9. The number of rotatable bonds is 7. The monoisotopic (exact) mass is 312 g/mol. The first-order chi connectivity index (χ1) is 10.2. The van der Waals surface area contributed by atoms with E-state index in [2.05, 4.69) is 42.7 Å². The summed E-state index contributed by atoms with van der Waals surface area (Å²) in [5, 5.41) is 3.92. The van der Waals surface area contributed by atoms with Crippen molar-refractivity contribution in [3.63, 3.8) is 0 Å². The van der Waals surface area contributed by atoms with Crippen molar-refractivity contribution < 1.29 is 0 Å². The molecule has 0 amide bonds. The van der Waals surface area contributed by atoms with E-state index in [-0.39, 0.29) is 0 Å². The molecule has 1 saturated heterocycles. The molecule has 2 atom stereocenters. The molecular formula is C18H36N2S. The van der Waals surface area contributed by atoms with Crippen molar-refractivity contribution in [2.75, 3.05) is 31.1 Å². The van der Waals surface area contributed by atoms with Gasteiger partial charge in [0, 0.05) is 24.7 Å². The van der Waals surface area contributed by atoms with Crippen LogP contribution in [0.5, 0.6) is 0 Å². The number of thioether (sulfide) groups is 1. The summed E-state index contributed by atoms with van der Waals surface area (Å²) in [7, 11) is 0. The Bertz CT molecular complexity index is 289. The van der Waals surface area contributed by atoms with E-state index in [0.717, 1.165) is 5.92 Å². The smallest absolute Gasteiger partial charge is 0.0334 e. The van der Waals surface area contributed by atoms with Crippen LogP contribution in [0.4, 0.5) is 0 Å². The fourth-order valence-corrected chi connectivity index (χ4v) is 4.75. The predicted octanol–water partition coefficient (Wildman–Crippen LogP) is 4.15. The second-order valence-electron chi connectivity index (χ2n) is 7.15. The van der Waals surface area contributed by atoms with Crippen LogP contribution < -0.4 is 5.32 Å². The molecule has 21 heavy (non-hydrogen) atoms. The van der Waals surface area contributed by atoms with Crippen LogP contribution in [0.2, 0.25) is 0 Å². The molecule has 0 aromatic rings. The SMILES string of the molecule is CCSCCCN1CC(C(C)CC)NCC12CCCCC2. The van der Waals surface area contributed by atoms with E-state index in [4.69, 9.17) is 0 Å². The molecule has 2 nitrogen and oxygen atoms in total. The van der Waals surface area contributed by atoms with Crippen molar-refractivity contribution in [1.29, 1.82) is 0 Å². The zero-order valence-corrected chi connectivity index (χ0v) is 15.3. The van der Waals surface area contributed by atoms with Crippen molar-refractivity contribution in [1.82, 2.24) is 10.2 Å². The summed E-state index contributed by atoms with van der Waals surface area (Å²) < 4.78 is 0. The Hall–Kier alpha value is 0.270. The molecule has 1 heterocycles. The van der Waals surface area contributed by atoms with Crippen molar-refractivity contribution in [2.24, 2.45) is 5.92 Å². The molecule has 1 N–H and O–H groups in total. The highest BCUT2D eigenvalue weighted by Gasteiger charge is 2.42. The van der Waals surface area contributed by atoms with Crippen molar-refractivity contribution >= 4 is 11.8 Å². The predicted molar refractivity (Wildman–Crippen MR) is 96.3 cm³/mol. The average molecular weight is 313 g/mol. The van der Waals surface area contributed by atoms with Gasteiger partial charge in [0.1, 0.15) is 0 Å². The third-order valence-electron chi connectivity index (χ3n) is 5.82. The number of nitrogens with zero attached hydrogens (tertiary/aromatic N) is 1. The largest absolute Gasteiger partial charge is 0.311 e. The Labute approximate surface area is 136 Å². The van der Waals surface area contributed by atoms with E-state index in [1.54, 1.807) is 0 Å². The van der Waals surface area contributed by atoms with Gasteiger partial charge in [0.05, 0.1) is 0 Å². The molecule has 2 fully saturated rings. The van der Waals surface area contributed by atoms with Crippen LogP contribution >= 0.6 is 11.8 Å². The van der Waals surface area contributed by atoms with Gasteiger partial charge in [-0.1, -0.05) is 46.5 Å². The molecule has 2 rings (SSSR count). The number of hydrogen-bond acceptors (Lipinski definition) is 3. The van der Waals surface area contributed by atoms with Crippen LogP contribution in [0.15, 0.2) is 0 Å². The Kier molecular flexibility index (Phi) is 7.37. The molecule has 0 aromatic heterocycles. The van der Waals surface area contributed by atoms with Crippen LogP contribution in [0, 0.1) is 5.92 Å². The fourth-order valence-electron chi connectivity index (χ4n) is 4.13. The maximum atomic E-state index is 3.92. The van der Waals surface area contributed by atoms with Gasteiger partial charge in [-0.05, 0) is 43.2 Å². The first-order valence-corrected chi connectivity index (χ1v) is 10.4. The van der Waals surface area contributed by atoms with Gasteiger partial charge >= 0.3 is 0 Å². The van der Waals surface area contributed by atoms with Crippen LogP contribution in [0.3, 0.4) is 0 Å². The van der Waals surface area contributed by atoms with Gasteiger partial charge in [0.25, 0.3) is 0 Å². The van der Waals surface area contributed by atoms with Crippen LogP contribution in [-0.4, -0.2) is 47.6 Å². The minimum atomic E-state index is 0.499. The Balaban J connectivity index is 1.95. The molecule has 2 aliphatic rings. The van der Waals surface area contributed by atoms with Crippen LogP contribution in [-0.2, 0) is 0 Å². The Morgan fingerprint density at radius 3 is 2.67 bits per heavy atom. The average Bonchev–Trinajstić information content (AvgIpc) is 2.53. The van der Waals surface area contributed by atoms with E-state index in [0.29, 0.717) is 11.6 Å². The van der Waals surface area contributed by atoms with E-state index < -0.39 is 0 Å². The van der Waals surface area contributed by atoms with E-state index in [1.807, 2.05) is 0 Å². The molecule has 1 aliphatic carbocycles. The van der Waals surface area contributed by atoms with Gasteiger partial charge in [-0.2, -0.15) is 11.8 Å². The topological polar surface area (TPSA) is 15.3 Å². The standard InChI is InChI=1S/C18H36N2S/c1-4-16(3)17-14-20(12-9-13-21-5-2)18(15-19-17)10-7-6-8-11-18/h16-17,19H,4-15H2,1-3H3. The van der Waals surface area contributed by atoms with Crippen molar-refractivity contribution in [3.05, 3.63) is 0 Å². The minimum absolute atomic E-state index is 0.499. The van der Waals surface area contributed by atoms with Gasteiger partial charge in [-0.25, -0.2) is 0 Å². The second kappa shape index (κ2) is 8.79. The van der Waals surface area contributed by atoms with E-state index >= 15 is 0 Å². The number of hydrogen-bond donors (Lipinski definition) is 1. The maximum Gasteiger partial charge on any atom is 0.0334 e. The van der Waals surface area contributed by atoms with Gasteiger partial charge in [-0.3, -0.25) is 4.90 Å². The Morgan fingerprint density at radius 1 is 1.24 bits per heavy atom. The Morgan fingerprint density at radius 2 is 2.00 bits per heavy atom. The van der Waals surface area contributed by atoms with Gasteiger partial charge in [0.15, 0.2) is 0 Å². The third kappa shape index (κ3) is 4.62. The molecule has 0 aromatic carbocycles. The lowest BCUT2D eigenvalue weighted by atomic mass is 9.77. The lowest BCUT2D eigenvalue weighted by Gasteiger charge is -2.53. The number of piperazine rings is 1. The molecule has 124 valence electrons. The molecule has 0 bridgehead atoms. The molecule has 3 heteroatoms. The molecule has 1 saturated carbocycles. The molecule has 1 spiro atoms. The second-order valence-corrected chi connectivity index (χ2v) is 8.55. The maximum absolute atomic E-state index is 3.92. The van der Waals surface area contributed by atoms with Gasteiger partial charge in [-0.15, -0.1) is 0 Å². The summed E-state index contributed by atoms with van der Waals surface area (Å²) in [6, 6.07) is 0.710. The van der Waals surface area contributed by atoms with Gasteiger partial charge < -0.3 is 5.32 Å². The fraction of sp³-hybridized carbons (Fsp3) is 1.00. The van der Waals surface area contributed by atoms with Crippen molar-refractivity contribution in [2.45, 2.75) is 77.3 Å². The summed E-state index contributed by atoms with van der Waals surface area (Å²) in [6.07, 6.45) is 9.85. The molecule has 1 aliphatic heterocycles. The zero-order chi connectivity index (χ0) is 15.1. The molecular weight excluding hydrogens is 276 g/mol. The summed E-state index contributed by atoms with van der Waals surface area (Å²) in [4.78, 5) is 2.90. The molecule has 2 unspecified atom stereocenters. The lowest BCUT2D eigenvalue weighted by Crippen LogP contribution is -2.66. The lowest BCUT2D eigenvalue weighted by molar-refractivity contribution is 0.000834. The molecule has 0 radical (unpaired) electrons. The van der Waals surface area contributed by atoms with Crippen molar-refractivity contribution in [3.8, 4) is 0 Å². The zero-order valence-electron chi connectivity index (χ0n) is 14.5. The quantitative estimate of drug-likeness (QED) is 0.711. The first kappa shape index (κ1) is 17.6. The van der Waals surface area contributed by atoms with E-state index in [9.17, 15) is 0 Å². The van der Waals surface area contributed by atoms with Crippen LogP contribution in [0.1, 0.15) is 65.7 Å². The summed E-state index contributed by atoms with van der Waals surface area (Å²) >= 11 is 2.10. The summed E-state index contributed by atoms with van der Waals surface area (Å²) in [6.45, 7) is 10.9. The van der Waals surface area contributed by atoms with E-state index in [1.165, 1.54) is 76.1 Å². The number of nitrogens with one attached hydrogen (secondary N) is 1. The minimum Gasteiger partial charge on any atom is -0.311 e. The first-order valence-electron chi connectivity index (χ1n) is 9.28. The van der Waals surface area contributed by atoms with Crippen LogP contribution in [0.25, 0.3) is 0 Å².